The summed E-state index contributed by atoms with van der Waals surface area (Å²) in [6.45, 7) is 2.64. The van der Waals surface area contributed by atoms with E-state index in [9.17, 15) is 0 Å². The maximum Gasteiger partial charge on any atom is 0.137 e. The Hall–Kier alpha value is -1.56. The zero-order chi connectivity index (χ0) is 12.4. The number of nitrogens with zero attached hydrogens (tertiary/aromatic N) is 2. The second kappa shape index (κ2) is 6.06. The molecular formula is C15H15IN2O. The molecule has 3 aromatic rings. The van der Waals surface area contributed by atoms with E-state index in [2.05, 4.69) is 4.98 Å². The van der Waals surface area contributed by atoms with Gasteiger partial charge in [0.2, 0.25) is 0 Å². The summed E-state index contributed by atoms with van der Waals surface area (Å²) < 4.78 is 7.65. The average Bonchev–Trinajstić information content (AvgIpc) is 2.83. The topological polar surface area (TPSA) is 26.5 Å². The largest absolute Gasteiger partial charge is 0.493 e. The monoisotopic (exact) mass is 366 g/mol. The van der Waals surface area contributed by atoms with E-state index < -0.39 is 0 Å². The van der Waals surface area contributed by atoms with Crippen molar-refractivity contribution in [3.8, 4) is 17.0 Å². The molecule has 0 atom stereocenters. The number of para-hydroxylation sites is 1. The molecule has 19 heavy (non-hydrogen) atoms. The summed E-state index contributed by atoms with van der Waals surface area (Å²) in [5, 5.41) is 0. The molecule has 0 aliphatic rings. The Morgan fingerprint density at radius 2 is 1.89 bits per heavy atom. The minimum Gasteiger partial charge on any atom is -0.493 e. The van der Waals surface area contributed by atoms with Crippen LogP contribution in [0.15, 0.2) is 54.9 Å². The first-order valence-electron chi connectivity index (χ1n) is 6.04. The van der Waals surface area contributed by atoms with Gasteiger partial charge < -0.3 is 9.14 Å². The molecule has 0 radical (unpaired) electrons. The molecule has 98 valence electrons. The second-order valence-electron chi connectivity index (χ2n) is 4.02. The van der Waals surface area contributed by atoms with E-state index >= 15 is 0 Å². The lowest BCUT2D eigenvalue weighted by Gasteiger charge is -2.07. The Morgan fingerprint density at radius 3 is 2.68 bits per heavy atom. The Kier molecular flexibility index (Phi) is 4.42. The lowest BCUT2D eigenvalue weighted by molar-refractivity contribution is 0.341. The summed E-state index contributed by atoms with van der Waals surface area (Å²) >= 11 is 0. The van der Waals surface area contributed by atoms with Crippen LogP contribution in [0.2, 0.25) is 0 Å². The first kappa shape index (κ1) is 13.9. The highest BCUT2D eigenvalue weighted by atomic mass is 127. The van der Waals surface area contributed by atoms with Gasteiger partial charge in [-0.1, -0.05) is 18.2 Å². The van der Waals surface area contributed by atoms with Crippen molar-refractivity contribution < 1.29 is 4.74 Å². The van der Waals surface area contributed by atoms with Crippen LogP contribution in [0.25, 0.3) is 16.9 Å². The molecule has 0 amide bonds. The highest BCUT2D eigenvalue weighted by Crippen LogP contribution is 2.29. The molecule has 3 rings (SSSR count). The molecule has 2 aromatic heterocycles. The molecule has 0 saturated heterocycles. The highest BCUT2D eigenvalue weighted by molar-refractivity contribution is 14.0. The van der Waals surface area contributed by atoms with Gasteiger partial charge in [0.15, 0.2) is 0 Å². The summed E-state index contributed by atoms with van der Waals surface area (Å²) in [6, 6.07) is 14.0. The quantitative estimate of drug-likeness (QED) is 0.655. The number of pyridine rings is 1. The van der Waals surface area contributed by atoms with Crippen molar-refractivity contribution in [3.63, 3.8) is 0 Å². The Labute approximate surface area is 129 Å². The molecular weight excluding hydrogens is 351 g/mol. The maximum absolute atomic E-state index is 5.64. The second-order valence-corrected chi connectivity index (χ2v) is 4.02. The molecule has 1 aromatic carbocycles. The van der Waals surface area contributed by atoms with Crippen molar-refractivity contribution >= 4 is 29.6 Å². The normalized spacial score (nSPS) is 10.2. The lowest BCUT2D eigenvalue weighted by Crippen LogP contribution is -1.93. The number of aromatic nitrogens is 2. The smallest absolute Gasteiger partial charge is 0.137 e. The molecule has 0 unspecified atom stereocenters. The highest BCUT2D eigenvalue weighted by Gasteiger charge is 2.09. The van der Waals surface area contributed by atoms with Gasteiger partial charge in [0.25, 0.3) is 0 Å². The Bertz CT molecular complexity index is 645. The van der Waals surface area contributed by atoms with Crippen LogP contribution in [0.3, 0.4) is 0 Å². The molecule has 3 nitrogen and oxygen atoms in total. The predicted molar refractivity (Wildman–Crippen MR) is 87.2 cm³/mol. The fraction of sp³-hybridized carbons (Fsp3) is 0.133. The molecule has 0 fully saturated rings. The fourth-order valence-corrected chi connectivity index (χ4v) is 2.02. The van der Waals surface area contributed by atoms with Gasteiger partial charge in [-0.05, 0) is 31.2 Å². The van der Waals surface area contributed by atoms with Gasteiger partial charge in [0, 0.05) is 18.0 Å². The van der Waals surface area contributed by atoms with E-state index in [0.29, 0.717) is 6.61 Å². The average molecular weight is 366 g/mol. The van der Waals surface area contributed by atoms with E-state index in [1.807, 2.05) is 66.2 Å². The van der Waals surface area contributed by atoms with E-state index in [4.69, 9.17) is 4.74 Å². The molecule has 0 aliphatic heterocycles. The van der Waals surface area contributed by atoms with Crippen molar-refractivity contribution in [3.05, 3.63) is 54.9 Å². The number of ether oxygens (including phenoxy) is 1. The molecule has 0 N–H and O–H groups in total. The van der Waals surface area contributed by atoms with Crippen LogP contribution in [0, 0.1) is 0 Å². The van der Waals surface area contributed by atoms with Crippen molar-refractivity contribution in [2.75, 3.05) is 6.61 Å². The lowest BCUT2D eigenvalue weighted by atomic mass is 10.1. The SMILES string of the molecule is CCOc1ccccc1-c1cn2ccccc2n1.I. The van der Waals surface area contributed by atoms with Gasteiger partial charge in [-0.15, -0.1) is 24.0 Å². The third-order valence-electron chi connectivity index (χ3n) is 2.83. The molecule has 2 heterocycles. The van der Waals surface area contributed by atoms with Crippen LogP contribution in [0.4, 0.5) is 0 Å². The molecule has 0 saturated carbocycles. The molecule has 0 spiro atoms. The zero-order valence-corrected chi connectivity index (χ0v) is 12.9. The van der Waals surface area contributed by atoms with E-state index in [1.54, 1.807) is 0 Å². The number of halogens is 1. The van der Waals surface area contributed by atoms with E-state index in [1.165, 1.54) is 0 Å². The van der Waals surface area contributed by atoms with Gasteiger partial charge >= 0.3 is 0 Å². The first-order valence-corrected chi connectivity index (χ1v) is 6.04. The summed E-state index contributed by atoms with van der Waals surface area (Å²) in [6.07, 6.45) is 4.02. The number of benzene rings is 1. The third-order valence-corrected chi connectivity index (χ3v) is 2.83. The number of fused-ring (bicyclic) bond motifs is 1. The van der Waals surface area contributed by atoms with Crippen LogP contribution >= 0.6 is 24.0 Å². The molecule has 4 heteroatoms. The minimum absolute atomic E-state index is 0. The van der Waals surface area contributed by atoms with Crippen LogP contribution in [-0.4, -0.2) is 16.0 Å². The Morgan fingerprint density at radius 1 is 1.11 bits per heavy atom. The number of hydrogen-bond acceptors (Lipinski definition) is 2. The van der Waals surface area contributed by atoms with Crippen LogP contribution in [0.1, 0.15) is 6.92 Å². The maximum atomic E-state index is 5.64. The minimum atomic E-state index is 0. The van der Waals surface area contributed by atoms with Gasteiger partial charge in [0.1, 0.15) is 11.4 Å². The van der Waals surface area contributed by atoms with Gasteiger partial charge in [-0.3, -0.25) is 0 Å². The first-order chi connectivity index (χ1) is 8.88. The number of rotatable bonds is 3. The van der Waals surface area contributed by atoms with Crippen molar-refractivity contribution in [2.24, 2.45) is 0 Å². The van der Waals surface area contributed by atoms with Crippen molar-refractivity contribution in [1.82, 2.24) is 9.38 Å². The van der Waals surface area contributed by atoms with Crippen LogP contribution in [0.5, 0.6) is 5.75 Å². The summed E-state index contributed by atoms with van der Waals surface area (Å²) in [4.78, 5) is 4.61. The standard InChI is InChI=1S/C15H14N2O.HI/c1-2-18-14-8-4-3-7-12(14)13-11-17-10-6-5-9-15(17)16-13;/h3-11H,2H2,1H3;1H. The van der Waals surface area contributed by atoms with Crippen LogP contribution in [-0.2, 0) is 0 Å². The van der Waals surface area contributed by atoms with Crippen molar-refractivity contribution in [2.45, 2.75) is 6.92 Å². The number of hydrogen-bond donors (Lipinski definition) is 0. The van der Waals surface area contributed by atoms with Gasteiger partial charge in [-0.2, -0.15) is 0 Å². The number of imidazole rings is 1. The predicted octanol–water partition coefficient (Wildman–Crippen LogP) is 4.02. The van der Waals surface area contributed by atoms with Crippen LogP contribution < -0.4 is 4.74 Å². The van der Waals surface area contributed by atoms with Gasteiger partial charge in [0.05, 0.1) is 12.3 Å². The van der Waals surface area contributed by atoms with E-state index in [-0.39, 0.29) is 24.0 Å². The Balaban J connectivity index is 0.00000133. The summed E-state index contributed by atoms with van der Waals surface area (Å²) in [7, 11) is 0. The van der Waals surface area contributed by atoms with Crippen molar-refractivity contribution in [1.29, 1.82) is 0 Å². The molecule has 0 aliphatic carbocycles. The summed E-state index contributed by atoms with van der Waals surface area (Å²) in [5.74, 6) is 0.878. The van der Waals surface area contributed by atoms with Gasteiger partial charge in [-0.25, -0.2) is 4.98 Å². The fourth-order valence-electron chi connectivity index (χ4n) is 2.02. The van der Waals surface area contributed by atoms with E-state index in [0.717, 1.165) is 22.7 Å². The summed E-state index contributed by atoms with van der Waals surface area (Å²) in [5.41, 5.74) is 2.91. The zero-order valence-electron chi connectivity index (χ0n) is 10.6. The third kappa shape index (κ3) is 2.73. The molecule has 0 bridgehead atoms.